The van der Waals surface area contributed by atoms with Crippen LogP contribution in [-0.2, 0) is 4.79 Å². The van der Waals surface area contributed by atoms with Gasteiger partial charge in [0.2, 0.25) is 5.91 Å². The van der Waals surface area contributed by atoms with Gasteiger partial charge in [-0.1, -0.05) is 0 Å². The van der Waals surface area contributed by atoms with Crippen molar-refractivity contribution in [1.29, 1.82) is 0 Å². The summed E-state index contributed by atoms with van der Waals surface area (Å²) in [6.07, 6.45) is 0.554. The van der Waals surface area contributed by atoms with Crippen LogP contribution >= 0.6 is 0 Å². The minimum absolute atomic E-state index is 0.187. The number of nitrogens with one attached hydrogen (secondary N) is 1. The summed E-state index contributed by atoms with van der Waals surface area (Å²) in [4.78, 5) is 10.3. The van der Waals surface area contributed by atoms with E-state index in [0.717, 1.165) is 0 Å². The van der Waals surface area contributed by atoms with Crippen molar-refractivity contribution in [2.24, 2.45) is 0 Å². The van der Waals surface area contributed by atoms with E-state index in [-0.39, 0.29) is 5.47 Å². The van der Waals surface area contributed by atoms with E-state index in [0.29, 0.717) is 6.26 Å². The van der Waals surface area contributed by atoms with Gasteiger partial charge in [-0.3, -0.25) is 4.79 Å². The van der Waals surface area contributed by atoms with Crippen molar-refractivity contribution in [1.82, 2.24) is 5.32 Å². The maximum absolute atomic E-state index is 10.3. The highest BCUT2D eigenvalue weighted by Gasteiger charge is 1.96. The molecule has 0 saturated heterocycles. The summed E-state index contributed by atoms with van der Waals surface area (Å²) < 4.78 is 0. The van der Waals surface area contributed by atoms with E-state index in [1.54, 1.807) is 0 Å². The lowest BCUT2D eigenvalue weighted by atomic mass is 9.97. The normalized spacial score (nSPS) is 10.9. The molecule has 0 aromatic heterocycles. The van der Waals surface area contributed by atoms with Gasteiger partial charge in [0.05, 0.1) is 6.26 Å². The zero-order valence-corrected chi connectivity index (χ0v) is 4.51. The van der Waals surface area contributed by atoms with Crippen molar-refractivity contribution in [2.45, 2.75) is 0 Å². The average molecular weight is 111 g/mol. The van der Waals surface area contributed by atoms with E-state index in [2.05, 4.69) is 5.32 Å². The molecule has 0 saturated carbocycles. The van der Waals surface area contributed by atoms with Crippen molar-refractivity contribution in [3.63, 3.8) is 0 Å². The van der Waals surface area contributed by atoms with Crippen LogP contribution in [0.2, 0.25) is 0 Å². The van der Waals surface area contributed by atoms with Crippen LogP contribution in [0.5, 0.6) is 0 Å². The Morgan fingerprint density at radius 1 is 1.88 bits per heavy atom. The maximum Gasteiger partial charge on any atom is 0.239 e. The minimum Gasteiger partial charge on any atom is -0.516 e. The second kappa shape index (κ2) is 3.13. The monoisotopic (exact) mass is 111 g/mol. The number of aliphatic hydroxyl groups is 1. The number of likely N-dealkylation sites (N-methyl/N-ethyl adjacent to an activating group) is 1. The molecule has 3 nitrogen and oxygen atoms in total. The maximum atomic E-state index is 10.3. The summed E-state index contributed by atoms with van der Waals surface area (Å²) >= 11 is 0. The Kier molecular flexibility index (Phi) is 2.76. The summed E-state index contributed by atoms with van der Waals surface area (Å²) in [5.41, 5.74) is -0.187. The first-order valence-corrected chi connectivity index (χ1v) is 2.04. The summed E-state index contributed by atoms with van der Waals surface area (Å²) in [5.74, 6) is -0.479. The summed E-state index contributed by atoms with van der Waals surface area (Å²) in [6.45, 7) is 0. The van der Waals surface area contributed by atoms with Crippen molar-refractivity contribution in [3.8, 4) is 0 Å². The smallest absolute Gasteiger partial charge is 0.239 e. The van der Waals surface area contributed by atoms with E-state index < -0.39 is 5.91 Å². The molecule has 0 aliphatic carbocycles. The van der Waals surface area contributed by atoms with Crippen LogP contribution < -0.4 is 5.32 Å². The minimum atomic E-state index is -0.479. The van der Waals surface area contributed by atoms with Crippen LogP contribution in [0.15, 0.2) is 11.7 Å². The first-order chi connectivity index (χ1) is 3.72. The van der Waals surface area contributed by atoms with Gasteiger partial charge in [0.15, 0.2) is 0 Å². The molecule has 8 heavy (non-hydrogen) atoms. The van der Waals surface area contributed by atoms with Gasteiger partial charge < -0.3 is 10.4 Å². The van der Waals surface area contributed by atoms with Crippen LogP contribution in [0.1, 0.15) is 0 Å². The standard InChI is InChI=1S/C4H6BNO2/c1-6-4(8)3(5)2-7/h2,7H,1H3,(H,6,8)/b3-2-. The molecule has 0 aromatic carbocycles. The van der Waals surface area contributed by atoms with E-state index >= 15 is 0 Å². The van der Waals surface area contributed by atoms with Crippen LogP contribution in [0, 0.1) is 0 Å². The van der Waals surface area contributed by atoms with Crippen molar-refractivity contribution in [3.05, 3.63) is 11.7 Å². The zero-order valence-electron chi connectivity index (χ0n) is 4.51. The molecular weight excluding hydrogens is 105 g/mol. The average Bonchev–Trinajstić information content (AvgIpc) is 1.84. The Labute approximate surface area is 48.8 Å². The lowest BCUT2D eigenvalue weighted by Gasteiger charge is -1.93. The molecule has 0 heterocycles. The molecular formula is C4H6BNO2. The van der Waals surface area contributed by atoms with Gasteiger partial charge in [-0.25, -0.2) is 0 Å². The molecule has 2 N–H and O–H groups in total. The first kappa shape index (κ1) is 7.07. The van der Waals surface area contributed by atoms with Crippen molar-refractivity contribution in [2.75, 3.05) is 7.05 Å². The van der Waals surface area contributed by atoms with E-state index in [9.17, 15) is 4.79 Å². The van der Waals surface area contributed by atoms with Gasteiger partial charge in [0.1, 0.15) is 7.85 Å². The molecule has 0 fully saturated rings. The molecule has 42 valence electrons. The number of amides is 1. The molecule has 0 bridgehead atoms. The number of aliphatic hydroxyl groups excluding tert-OH is 1. The summed E-state index contributed by atoms with van der Waals surface area (Å²) in [7, 11) is 6.36. The van der Waals surface area contributed by atoms with Crippen LogP contribution in [0.25, 0.3) is 0 Å². The van der Waals surface area contributed by atoms with Crippen LogP contribution in [0.4, 0.5) is 0 Å². The zero-order chi connectivity index (χ0) is 6.57. The Bertz CT molecular complexity index is 121. The number of rotatable bonds is 1. The van der Waals surface area contributed by atoms with Gasteiger partial charge in [-0.2, -0.15) is 0 Å². The second-order valence-electron chi connectivity index (χ2n) is 1.16. The first-order valence-electron chi connectivity index (χ1n) is 2.04. The Hall–Kier alpha value is -0.925. The Morgan fingerprint density at radius 2 is 2.38 bits per heavy atom. The molecule has 0 rings (SSSR count). The predicted octanol–water partition coefficient (Wildman–Crippen LogP) is -0.700. The van der Waals surface area contributed by atoms with Gasteiger partial charge >= 0.3 is 0 Å². The lowest BCUT2D eigenvalue weighted by Crippen LogP contribution is -2.19. The van der Waals surface area contributed by atoms with Gasteiger partial charge in [0.25, 0.3) is 0 Å². The summed E-state index contributed by atoms with van der Waals surface area (Å²) in [6, 6.07) is 0. The molecule has 0 spiro atoms. The highest BCUT2D eigenvalue weighted by Crippen LogP contribution is 1.80. The molecule has 0 aliphatic heterocycles. The van der Waals surface area contributed by atoms with E-state index in [1.807, 2.05) is 0 Å². The topological polar surface area (TPSA) is 49.3 Å². The molecule has 2 radical (unpaired) electrons. The van der Waals surface area contributed by atoms with E-state index in [4.69, 9.17) is 13.0 Å². The number of carbonyl (C=O) groups excluding carboxylic acids is 1. The fraction of sp³-hybridized carbons (Fsp3) is 0.250. The third-order valence-electron chi connectivity index (χ3n) is 0.628. The Morgan fingerprint density at radius 3 is 2.50 bits per heavy atom. The third kappa shape index (κ3) is 1.68. The number of hydrogen-bond acceptors (Lipinski definition) is 2. The largest absolute Gasteiger partial charge is 0.516 e. The quantitative estimate of drug-likeness (QED) is 0.267. The fourth-order valence-corrected chi connectivity index (χ4v) is 0.203. The summed E-state index contributed by atoms with van der Waals surface area (Å²) in [5, 5.41) is 10.3. The van der Waals surface area contributed by atoms with Crippen LogP contribution in [0.3, 0.4) is 0 Å². The fourth-order valence-electron chi connectivity index (χ4n) is 0.203. The molecule has 4 heteroatoms. The van der Waals surface area contributed by atoms with Crippen molar-refractivity contribution >= 4 is 13.8 Å². The molecule has 1 amide bonds. The number of carbonyl (C=O) groups is 1. The molecule has 0 unspecified atom stereocenters. The van der Waals surface area contributed by atoms with Gasteiger partial charge in [0, 0.05) is 12.5 Å². The molecule has 0 aromatic rings. The van der Waals surface area contributed by atoms with Gasteiger partial charge in [-0.15, -0.1) is 0 Å². The van der Waals surface area contributed by atoms with E-state index in [1.165, 1.54) is 7.05 Å². The predicted molar refractivity (Wildman–Crippen MR) is 30.5 cm³/mol. The SMILES string of the molecule is [B]/C(=C\O)C(=O)NC. The Balaban J connectivity index is 3.83. The lowest BCUT2D eigenvalue weighted by molar-refractivity contribution is -0.116. The van der Waals surface area contributed by atoms with Crippen molar-refractivity contribution < 1.29 is 9.90 Å². The van der Waals surface area contributed by atoms with Crippen LogP contribution in [-0.4, -0.2) is 25.9 Å². The highest BCUT2D eigenvalue weighted by molar-refractivity contribution is 6.36. The molecule has 0 aliphatic rings. The highest BCUT2D eigenvalue weighted by atomic mass is 16.2. The van der Waals surface area contributed by atoms with Gasteiger partial charge in [-0.05, 0) is 0 Å². The molecule has 0 atom stereocenters. The number of hydrogen-bond donors (Lipinski definition) is 2. The second-order valence-corrected chi connectivity index (χ2v) is 1.16. The third-order valence-corrected chi connectivity index (χ3v) is 0.628.